The molecular weight excluding hydrogens is 435 g/mol. The Balaban J connectivity index is 2.17. The Hall–Kier alpha value is -3.13. The van der Waals surface area contributed by atoms with Gasteiger partial charge in [0.15, 0.2) is 0 Å². The number of aromatic carboxylic acids is 1. The number of carbonyl (C=O) groups is 1. The molecule has 0 radical (unpaired) electrons. The van der Waals surface area contributed by atoms with E-state index in [9.17, 15) is 33.0 Å². The van der Waals surface area contributed by atoms with Crippen molar-refractivity contribution in [2.24, 2.45) is 5.41 Å². The van der Waals surface area contributed by atoms with Crippen LogP contribution in [0, 0.1) is 29.8 Å². The Morgan fingerprint density at radius 2 is 1.67 bits per heavy atom. The predicted molar refractivity (Wildman–Crippen MR) is 119 cm³/mol. The average Bonchev–Trinajstić information content (AvgIpc) is 2.68. The third-order valence-electron chi connectivity index (χ3n) is 5.98. The zero-order valence-corrected chi connectivity index (χ0v) is 18.9. The van der Waals surface area contributed by atoms with E-state index in [1.54, 1.807) is 17.6 Å². The van der Waals surface area contributed by atoms with Crippen molar-refractivity contribution >= 4 is 16.9 Å². The maximum Gasteiger partial charge on any atom is 0.341 e. The van der Waals surface area contributed by atoms with E-state index in [0.717, 1.165) is 5.56 Å². The molecule has 3 aromatic rings. The van der Waals surface area contributed by atoms with Crippen LogP contribution in [0.25, 0.3) is 10.9 Å². The zero-order chi connectivity index (χ0) is 24.7. The van der Waals surface area contributed by atoms with Crippen LogP contribution in [0.4, 0.5) is 13.2 Å². The first-order chi connectivity index (χ1) is 15.3. The van der Waals surface area contributed by atoms with Crippen LogP contribution >= 0.6 is 0 Å². The van der Waals surface area contributed by atoms with E-state index in [4.69, 9.17) is 0 Å². The van der Waals surface area contributed by atoms with E-state index in [1.807, 2.05) is 20.8 Å². The van der Waals surface area contributed by atoms with Crippen LogP contribution in [-0.2, 0) is 12.8 Å². The van der Waals surface area contributed by atoms with Gasteiger partial charge in [0.2, 0.25) is 5.43 Å². The lowest BCUT2D eigenvalue weighted by Crippen LogP contribution is -2.30. The van der Waals surface area contributed by atoms with Crippen molar-refractivity contribution in [2.45, 2.75) is 46.6 Å². The number of aryl methyl sites for hydroxylation is 2. The number of hydrogen-bond acceptors (Lipinski definition) is 3. The van der Waals surface area contributed by atoms with Crippen LogP contribution in [0.15, 0.2) is 35.3 Å². The number of fused-ring (bicyclic) bond motifs is 1. The molecule has 0 amide bonds. The summed E-state index contributed by atoms with van der Waals surface area (Å²) in [5.74, 6) is -4.37. The summed E-state index contributed by atoms with van der Waals surface area (Å²) in [6.45, 7) is 7.18. The number of rotatable bonds is 6. The average molecular weight is 461 g/mol. The Morgan fingerprint density at radius 3 is 2.18 bits per heavy atom. The number of pyridine rings is 1. The molecule has 3 rings (SSSR count). The van der Waals surface area contributed by atoms with E-state index in [2.05, 4.69) is 0 Å². The summed E-state index contributed by atoms with van der Waals surface area (Å²) >= 11 is 0. The smallest absolute Gasteiger partial charge is 0.341 e. The van der Waals surface area contributed by atoms with E-state index in [-0.39, 0.29) is 30.4 Å². The zero-order valence-electron chi connectivity index (χ0n) is 18.9. The molecule has 0 spiro atoms. The van der Waals surface area contributed by atoms with Gasteiger partial charge in [-0.25, -0.2) is 18.0 Å². The fourth-order valence-electron chi connectivity index (χ4n) is 4.07. The minimum atomic E-state index is -1.39. The molecule has 1 aromatic heterocycles. The lowest BCUT2D eigenvalue weighted by molar-refractivity contribution is 0.0692. The molecule has 1 heterocycles. The molecule has 0 unspecified atom stereocenters. The first-order valence-electron chi connectivity index (χ1n) is 10.5. The van der Waals surface area contributed by atoms with Gasteiger partial charge in [0.25, 0.3) is 0 Å². The molecular formula is C25H26F3NO4. The van der Waals surface area contributed by atoms with Crippen molar-refractivity contribution in [3.63, 3.8) is 0 Å². The van der Waals surface area contributed by atoms with Crippen molar-refractivity contribution in [1.82, 2.24) is 4.57 Å². The van der Waals surface area contributed by atoms with Gasteiger partial charge in [0, 0.05) is 29.3 Å². The highest BCUT2D eigenvalue weighted by molar-refractivity contribution is 5.93. The highest BCUT2D eigenvalue weighted by atomic mass is 19.1. The Kier molecular flexibility index (Phi) is 6.70. The first-order valence-corrected chi connectivity index (χ1v) is 10.5. The topological polar surface area (TPSA) is 79.5 Å². The summed E-state index contributed by atoms with van der Waals surface area (Å²) in [7, 11) is 0. The molecule has 176 valence electrons. The molecule has 5 nitrogen and oxygen atoms in total. The summed E-state index contributed by atoms with van der Waals surface area (Å²) in [6, 6.07) is 3.97. The number of aliphatic hydroxyl groups is 1. The predicted octanol–water partition coefficient (Wildman–Crippen LogP) is 4.79. The highest BCUT2D eigenvalue weighted by Crippen LogP contribution is 2.33. The molecule has 0 aliphatic heterocycles. The van der Waals surface area contributed by atoms with E-state index >= 15 is 0 Å². The summed E-state index contributed by atoms with van der Waals surface area (Å²) in [5.41, 5.74) is -0.0349. The van der Waals surface area contributed by atoms with Gasteiger partial charge < -0.3 is 14.8 Å². The largest absolute Gasteiger partial charge is 0.477 e. The standard InChI is InChI=1S/C25H26F3NO4/c1-13-7-21-17(8-14(13)5-6-16-19(27)9-15(26)10-20(16)28)23(31)18(24(32)33)11-29(21)22(12-30)25(2,3)4/h7-11,22,30H,5-6,12H2,1-4H3,(H,32,33)/t22-/m1/s1. The third kappa shape index (κ3) is 4.80. The second-order valence-corrected chi connectivity index (χ2v) is 9.29. The van der Waals surface area contributed by atoms with Crippen LogP contribution in [0.2, 0.25) is 0 Å². The molecule has 33 heavy (non-hydrogen) atoms. The number of benzene rings is 2. The summed E-state index contributed by atoms with van der Waals surface area (Å²) in [6.07, 6.45) is 1.33. The third-order valence-corrected chi connectivity index (χ3v) is 5.98. The number of nitrogens with zero attached hydrogens (tertiary/aromatic N) is 1. The van der Waals surface area contributed by atoms with E-state index < -0.39 is 45.9 Å². The molecule has 0 fully saturated rings. The van der Waals surface area contributed by atoms with Crippen molar-refractivity contribution in [2.75, 3.05) is 6.61 Å². The first kappa shape index (κ1) is 24.5. The van der Waals surface area contributed by atoms with Gasteiger partial charge in [-0.1, -0.05) is 20.8 Å². The molecule has 2 aromatic carbocycles. The Bertz CT molecular complexity index is 1270. The molecule has 1 atom stereocenters. The van der Waals surface area contributed by atoms with Gasteiger partial charge in [-0.2, -0.15) is 0 Å². The van der Waals surface area contributed by atoms with Crippen LogP contribution in [0.5, 0.6) is 0 Å². The molecule has 0 bridgehead atoms. The molecule has 8 heteroatoms. The fourth-order valence-corrected chi connectivity index (χ4v) is 4.07. The molecule has 0 aliphatic rings. The molecule has 0 aliphatic carbocycles. The number of halogens is 3. The van der Waals surface area contributed by atoms with Gasteiger partial charge in [-0.3, -0.25) is 4.79 Å². The van der Waals surface area contributed by atoms with Gasteiger partial charge >= 0.3 is 5.97 Å². The van der Waals surface area contributed by atoms with Gasteiger partial charge in [-0.05, 0) is 48.4 Å². The van der Waals surface area contributed by atoms with Crippen LogP contribution in [0.3, 0.4) is 0 Å². The number of aromatic nitrogens is 1. The second kappa shape index (κ2) is 9.02. The van der Waals surface area contributed by atoms with Crippen molar-refractivity contribution in [3.05, 3.63) is 80.4 Å². The maximum absolute atomic E-state index is 14.0. The lowest BCUT2D eigenvalue weighted by atomic mass is 9.86. The summed E-state index contributed by atoms with van der Waals surface area (Å²) < 4.78 is 42.9. The number of carboxylic acids is 1. The lowest BCUT2D eigenvalue weighted by Gasteiger charge is -2.33. The number of carboxylic acid groups (broad SMARTS) is 1. The SMILES string of the molecule is Cc1cc2c(cc1CCc1c(F)cc(F)cc1F)c(=O)c(C(=O)O)cn2[C@H](CO)C(C)(C)C. The Labute approximate surface area is 189 Å². The van der Waals surface area contributed by atoms with Crippen LogP contribution in [0.1, 0.15) is 53.9 Å². The second-order valence-electron chi connectivity index (χ2n) is 9.29. The molecule has 0 saturated carbocycles. The number of aliphatic hydroxyl groups excluding tert-OH is 1. The van der Waals surface area contributed by atoms with Crippen molar-refractivity contribution in [1.29, 1.82) is 0 Å². The minimum Gasteiger partial charge on any atom is -0.477 e. The summed E-state index contributed by atoms with van der Waals surface area (Å²) in [4.78, 5) is 24.7. The van der Waals surface area contributed by atoms with Gasteiger partial charge in [0.1, 0.15) is 23.0 Å². The molecule has 2 N–H and O–H groups in total. The van der Waals surface area contributed by atoms with E-state index in [1.165, 1.54) is 12.3 Å². The Morgan fingerprint density at radius 1 is 1.06 bits per heavy atom. The fraction of sp³-hybridized carbons (Fsp3) is 0.360. The quantitative estimate of drug-likeness (QED) is 0.553. The highest BCUT2D eigenvalue weighted by Gasteiger charge is 2.28. The molecule has 0 saturated heterocycles. The van der Waals surface area contributed by atoms with Crippen LogP contribution in [-0.4, -0.2) is 27.4 Å². The number of hydrogen-bond donors (Lipinski definition) is 2. The van der Waals surface area contributed by atoms with Crippen molar-refractivity contribution < 1.29 is 28.2 Å². The minimum absolute atomic E-state index is 0.0711. The van der Waals surface area contributed by atoms with Crippen molar-refractivity contribution in [3.8, 4) is 0 Å². The monoisotopic (exact) mass is 461 g/mol. The van der Waals surface area contributed by atoms with E-state index in [0.29, 0.717) is 23.2 Å². The summed E-state index contributed by atoms with van der Waals surface area (Å²) in [5, 5.41) is 19.7. The van der Waals surface area contributed by atoms with Gasteiger partial charge in [0.05, 0.1) is 18.2 Å². The normalized spacial score (nSPS) is 12.8. The maximum atomic E-state index is 14.0. The van der Waals surface area contributed by atoms with Crippen LogP contribution < -0.4 is 5.43 Å². The van der Waals surface area contributed by atoms with Gasteiger partial charge in [-0.15, -0.1) is 0 Å².